The van der Waals surface area contributed by atoms with Gasteiger partial charge in [0, 0.05) is 0 Å². The summed E-state index contributed by atoms with van der Waals surface area (Å²) in [6.45, 7) is 4.49. The fourth-order valence-electron chi connectivity index (χ4n) is 6.08. The summed E-state index contributed by atoms with van der Waals surface area (Å²) in [5, 5.41) is 9.85. The number of rotatable bonds is 17. The summed E-state index contributed by atoms with van der Waals surface area (Å²) in [4.78, 5) is 13.8. The van der Waals surface area contributed by atoms with E-state index in [1.54, 1.807) is 0 Å². The lowest BCUT2D eigenvalue weighted by molar-refractivity contribution is -0.142. The normalized spacial score (nSPS) is 14.6. The monoisotopic (exact) mass is 529 g/mol. The maximum absolute atomic E-state index is 13.8. The molecule has 1 fully saturated rings. The van der Waals surface area contributed by atoms with Gasteiger partial charge in [-0.1, -0.05) is 128 Å². The van der Waals surface area contributed by atoms with Crippen LogP contribution >= 0.6 is 0 Å². The molecule has 39 heavy (non-hydrogen) atoms. The van der Waals surface area contributed by atoms with E-state index in [2.05, 4.69) is 44.2 Å². The van der Waals surface area contributed by atoms with Gasteiger partial charge in [0.05, 0.1) is 11.0 Å². The molecule has 2 aromatic carbocycles. The first-order valence-corrected chi connectivity index (χ1v) is 16.0. The van der Waals surface area contributed by atoms with Gasteiger partial charge in [-0.15, -0.1) is 0 Å². The zero-order valence-electron chi connectivity index (χ0n) is 24.7. The number of benzene rings is 2. The smallest absolute Gasteiger partial charge is 0.321 e. The summed E-state index contributed by atoms with van der Waals surface area (Å²) in [6, 6.07) is 16.8. The number of hydrogen-bond donors (Lipinski definition) is 0. The lowest BCUT2D eigenvalue weighted by Gasteiger charge is -2.35. The van der Waals surface area contributed by atoms with E-state index in [1.807, 2.05) is 18.2 Å². The SMILES string of the molecule is CCCCCCCCCCc1ccc(OC(=O)C2(c3ccc(CCCCCC)cc3)CCCCC2)c(C#N)c1. The van der Waals surface area contributed by atoms with Crippen LogP contribution in [-0.4, -0.2) is 5.97 Å². The Kier molecular flexibility index (Phi) is 13.6. The zero-order chi connectivity index (χ0) is 27.8. The van der Waals surface area contributed by atoms with Crippen molar-refractivity contribution in [2.45, 2.75) is 141 Å². The molecule has 0 bridgehead atoms. The largest absolute Gasteiger partial charge is 0.424 e. The van der Waals surface area contributed by atoms with Gasteiger partial charge in [-0.25, -0.2) is 0 Å². The van der Waals surface area contributed by atoms with Crippen LogP contribution in [0.2, 0.25) is 0 Å². The van der Waals surface area contributed by atoms with E-state index in [9.17, 15) is 10.1 Å². The Morgan fingerprint density at radius 3 is 1.90 bits per heavy atom. The Bertz CT molecular complexity index is 1030. The Morgan fingerprint density at radius 2 is 1.28 bits per heavy atom. The van der Waals surface area contributed by atoms with Crippen LogP contribution in [0.5, 0.6) is 5.75 Å². The third-order valence-corrected chi connectivity index (χ3v) is 8.61. The van der Waals surface area contributed by atoms with Gasteiger partial charge in [0.1, 0.15) is 11.8 Å². The molecular formula is C36H51NO2. The van der Waals surface area contributed by atoms with E-state index >= 15 is 0 Å². The van der Waals surface area contributed by atoms with Gasteiger partial charge in [0.25, 0.3) is 0 Å². The summed E-state index contributed by atoms with van der Waals surface area (Å²) in [7, 11) is 0. The molecule has 3 nitrogen and oxygen atoms in total. The molecule has 0 amide bonds. The number of nitrogens with zero attached hydrogens (tertiary/aromatic N) is 1. The Balaban J connectivity index is 1.61. The molecule has 2 aromatic rings. The van der Waals surface area contributed by atoms with Gasteiger partial charge in [0.15, 0.2) is 0 Å². The number of unbranched alkanes of at least 4 members (excludes halogenated alkanes) is 10. The van der Waals surface area contributed by atoms with Crippen molar-refractivity contribution in [3.8, 4) is 11.8 Å². The molecule has 0 aromatic heterocycles. The molecule has 212 valence electrons. The molecule has 1 aliphatic carbocycles. The van der Waals surface area contributed by atoms with E-state index in [-0.39, 0.29) is 5.97 Å². The first-order chi connectivity index (χ1) is 19.1. The van der Waals surface area contributed by atoms with Crippen LogP contribution in [0.1, 0.15) is 145 Å². The topological polar surface area (TPSA) is 50.1 Å². The predicted molar refractivity (Wildman–Crippen MR) is 162 cm³/mol. The number of hydrogen-bond acceptors (Lipinski definition) is 3. The quantitative estimate of drug-likeness (QED) is 0.116. The van der Waals surface area contributed by atoms with Crippen molar-refractivity contribution in [2.24, 2.45) is 0 Å². The fourth-order valence-corrected chi connectivity index (χ4v) is 6.08. The van der Waals surface area contributed by atoms with Gasteiger partial charge in [-0.3, -0.25) is 4.79 Å². The maximum Gasteiger partial charge on any atom is 0.321 e. The summed E-state index contributed by atoms with van der Waals surface area (Å²) in [6.07, 6.45) is 22.2. The highest BCUT2D eigenvalue weighted by Crippen LogP contribution is 2.41. The third-order valence-electron chi connectivity index (χ3n) is 8.61. The molecule has 1 aliphatic rings. The van der Waals surface area contributed by atoms with Crippen LogP contribution in [0.25, 0.3) is 0 Å². The molecule has 3 rings (SSSR count). The second kappa shape index (κ2) is 17.2. The molecule has 0 saturated heterocycles. The first-order valence-electron chi connectivity index (χ1n) is 16.0. The summed E-state index contributed by atoms with van der Waals surface area (Å²) in [5.41, 5.74) is 3.40. The minimum atomic E-state index is -0.623. The summed E-state index contributed by atoms with van der Waals surface area (Å²) < 4.78 is 6.04. The van der Waals surface area contributed by atoms with Crippen molar-refractivity contribution in [1.29, 1.82) is 5.26 Å². The predicted octanol–water partition coefficient (Wildman–Crippen LogP) is 10.2. The Hall–Kier alpha value is -2.60. The number of carbonyl (C=O) groups is 1. The molecular weight excluding hydrogens is 478 g/mol. The first kappa shape index (κ1) is 30.9. The number of nitriles is 1. The van der Waals surface area contributed by atoms with Gasteiger partial charge in [-0.05, 0) is 67.3 Å². The number of esters is 1. The second-order valence-corrected chi connectivity index (χ2v) is 11.7. The van der Waals surface area contributed by atoms with Gasteiger partial charge >= 0.3 is 5.97 Å². The maximum atomic E-state index is 13.8. The number of ether oxygens (including phenoxy) is 1. The minimum Gasteiger partial charge on any atom is -0.424 e. The van der Waals surface area contributed by atoms with Crippen molar-refractivity contribution in [3.05, 3.63) is 64.7 Å². The summed E-state index contributed by atoms with van der Waals surface area (Å²) in [5.74, 6) is 0.199. The van der Waals surface area contributed by atoms with Crippen LogP contribution in [0, 0.1) is 11.3 Å². The average molecular weight is 530 g/mol. The van der Waals surface area contributed by atoms with Crippen LogP contribution in [0.3, 0.4) is 0 Å². The molecule has 0 spiro atoms. The zero-order valence-corrected chi connectivity index (χ0v) is 24.7. The molecule has 0 heterocycles. The highest BCUT2D eigenvalue weighted by Gasteiger charge is 2.43. The van der Waals surface area contributed by atoms with E-state index in [1.165, 1.54) is 76.2 Å². The van der Waals surface area contributed by atoms with Crippen molar-refractivity contribution in [2.75, 3.05) is 0 Å². The molecule has 0 atom stereocenters. The van der Waals surface area contributed by atoms with E-state index in [0.29, 0.717) is 11.3 Å². The van der Waals surface area contributed by atoms with Crippen molar-refractivity contribution in [1.82, 2.24) is 0 Å². The molecule has 0 aliphatic heterocycles. The molecule has 0 radical (unpaired) electrons. The molecule has 0 unspecified atom stereocenters. The van der Waals surface area contributed by atoms with Gasteiger partial charge < -0.3 is 4.74 Å². The molecule has 1 saturated carbocycles. The second-order valence-electron chi connectivity index (χ2n) is 11.7. The summed E-state index contributed by atoms with van der Waals surface area (Å²) >= 11 is 0. The lowest BCUT2D eigenvalue weighted by atomic mass is 9.69. The number of aryl methyl sites for hydroxylation is 2. The van der Waals surface area contributed by atoms with E-state index in [4.69, 9.17) is 4.74 Å². The Labute approximate surface area is 238 Å². The minimum absolute atomic E-state index is 0.204. The van der Waals surface area contributed by atoms with E-state index < -0.39 is 5.41 Å². The standard InChI is InChI=1S/C36H51NO2/c1-3-5-7-9-10-11-12-15-19-31-22-25-34(32(28-31)29-37)39-35(38)36(26-16-13-17-27-36)33-23-20-30(21-24-33)18-14-8-6-4-2/h20-25,28H,3-19,26-27H2,1-2H3. The Morgan fingerprint density at radius 1 is 0.744 bits per heavy atom. The van der Waals surface area contributed by atoms with Crippen LogP contribution in [0.15, 0.2) is 42.5 Å². The van der Waals surface area contributed by atoms with Crippen molar-refractivity contribution in [3.63, 3.8) is 0 Å². The van der Waals surface area contributed by atoms with E-state index in [0.717, 1.165) is 62.5 Å². The molecule has 3 heteroatoms. The number of carbonyl (C=O) groups excluding carboxylic acids is 1. The fraction of sp³-hybridized carbons (Fsp3) is 0.611. The van der Waals surface area contributed by atoms with Crippen LogP contribution < -0.4 is 4.74 Å². The third kappa shape index (κ3) is 9.52. The van der Waals surface area contributed by atoms with Gasteiger partial charge in [0.2, 0.25) is 0 Å². The average Bonchev–Trinajstić information content (AvgIpc) is 2.98. The van der Waals surface area contributed by atoms with Crippen molar-refractivity contribution >= 4 is 5.97 Å². The van der Waals surface area contributed by atoms with Gasteiger partial charge in [-0.2, -0.15) is 5.26 Å². The van der Waals surface area contributed by atoms with Crippen LogP contribution in [-0.2, 0) is 23.1 Å². The van der Waals surface area contributed by atoms with Crippen molar-refractivity contribution < 1.29 is 9.53 Å². The van der Waals surface area contributed by atoms with Crippen LogP contribution in [0.4, 0.5) is 0 Å². The molecule has 0 N–H and O–H groups in total. The lowest BCUT2D eigenvalue weighted by Crippen LogP contribution is -2.41. The highest BCUT2D eigenvalue weighted by atomic mass is 16.5. The highest BCUT2D eigenvalue weighted by molar-refractivity contribution is 5.85.